The van der Waals surface area contributed by atoms with E-state index in [4.69, 9.17) is 0 Å². The van der Waals surface area contributed by atoms with E-state index in [2.05, 4.69) is 15.7 Å². The zero-order valence-corrected chi connectivity index (χ0v) is 18.2. The molecular formula is C24H19F2N5O3. The Kier molecular flexibility index (Phi) is 6.05. The molecule has 0 saturated carbocycles. The fourth-order valence-electron chi connectivity index (χ4n) is 3.28. The molecule has 8 nitrogen and oxygen atoms in total. The fraction of sp³-hybridized carbons (Fsp3) is 0.0833. The van der Waals surface area contributed by atoms with E-state index >= 15 is 0 Å². The molecule has 0 spiro atoms. The number of pyridine rings is 1. The first kappa shape index (κ1) is 22.6. The molecule has 0 fully saturated rings. The number of para-hydroxylation sites is 1. The number of hydrogen-bond donors (Lipinski definition) is 2. The number of rotatable bonds is 5. The van der Waals surface area contributed by atoms with Crippen molar-refractivity contribution < 1.29 is 18.4 Å². The molecule has 34 heavy (non-hydrogen) atoms. The molecule has 2 aromatic carbocycles. The Morgan fingerprint density at radius 1 is 0.912 bits per heavy atom. The number of halogens is 2. The summed E-state index contributed by atoms with van der Waals surface area (Å²) in [5, 5.41) is 9.43. The maximum Gasteiger partial charge on any atom is 0.257 e. The molecule has 2 N–H and O–H groups in total. The topological polar surface area (TPSA) is 98.0 Å². The first-order chi connectivity index (χ1) is 16.2. The first-order valence-corrected chi connectivity index (χ1v) is 10.1. The molecule has 4 rings (SSSR count). The Hall–Kier alpha value is -4.60. The van der Waals surface area contributed by atoms with Crippen molar-refractivity contribution in [2.75, 3.05) is 10.6 Å². The first-order valence-electron chi connectivity index (χ1n) is 10.1. The number of aromatic nitrogens is 3. The van der Waals surface area contributed by atoms with Gasteiger partial charge in [0.25, 0.3) is 17.4 Å². The van der Waals surface area contributed by atoms with Crippen LogP contribution < -0.4 is 16.2 Å². The summed E-state index contributed by atoms with van der Waals surface area (Å²) in [7, 11) is 1.72. The molecule has 4 aromatic rings. The van der Waals surface area contributed by atoms with Crippen molar-refractivity contribution in [3.05, 3.63) is 106 Å². The molecule has 0 radical (unpaired) electrons. The molecule has 2 heterocycles. The highest BCUT2D eigenvalue weighted by molar-refractivity contribution is 6.07. The number of nitrogens with one attached hydrogen (secondary N) is 2. The van der Waals surface area contributed by atoms with Gasteiger partial charge in [-0.1, -0.05) is 12.1 Å². The third kappa shape index (κ3) is 4.60. The van der Waals surface area contributed by atoms with E-state index in [0.29, 0.717) is 17.1 Å². The van der Waals surface area contributed by atoms with E-state index in [1.165, 1.54) is 18.2 Å². The van der Waals surface area contributed by atoms with Crippen LogP contribution in [0.4, 0.5) is 20.3 Å². The highest BCUT2D eigenvalue weighted by atomic mass is 19.1. The van der Waals surface area contributed by atoms with Crippen LogP contribution in [0.25, 0.3) is 5.69 Å². The molecule has 0 atom stereocenters. The molecule has 0 bridgehead atoms. The van der Waals surface area contributed by atoms with E-state index in [-0.39, 0.29) is 11.1 Å². The molecule has 2 aromatic heterocycles. The van der Waals surface area contributed by atoms with Crippen LogP contribution in [0.1, 0.15) is 26.3 Å². The number of benzene rings is 2. The van der Waals surface area contributed by atoms with Gasteiger partial charge in [-0.25, -0.2) is 8.78 Å². The van der Waals surface area contributed by atoms with Gasteiger partial charge < -0.3 is 10.6 Å². The average molecular weight is 463 g/mol. The SMILES string of the molecule is Cc1ccc(C(=O)Nc2ccn(C)n2)cc1NC(=O)c1ccc(=O)n(-c2c(F)cccc2F)c1. The second-order valence-electron chi connectivity index (χ2n) is 7.51. The summed E-state index contributed by atoms with van der Waals surface area (Å²) in [6, 6.07) is 11.9. The predicted octanol–water partition coefficient (Wildman–Crippen LogP) is 3.66. The summed E-state index contributed by atoms with van der Waals surface area (Å²) in [5.74, 6) is -2.56. The smallest absolute Gasteiger partial charge is 0.257 e. The van der Waals surface area contributed by atoms with Crippen molar-refractivity contribution in [3.63, 3.8) is 0 Å². The minimum absolute atomic E-state index is 0.00927. The van der Waals surface area contributed by atoms with Crippen molar-refractivity contribution in [2.45, 2.75) is 6.92 Å². The van der Waals surface area contributed by atoms with E-state index < -0.39 is 34.7 Å². The molecular weight excluding hydrogens is 444 g/mol. The number of carbonyl (C=O) groups excluding carboxylic acids is 2. The third-order valence-electron chi connectivity index (χ3n) is 5.05. The largest absolute Gasteiger partial charge is 0.322 e. The Balaban J connectivity index is 1.60. The number of nitrogens with zero attached hydrogens (tertiary/aromatic N) is 3. The van der Waals surface area contributed by atoms with Crippen LogP contribution in [0.2, 0.25) is 0 Å². The van der Waals surface area contributed by atoms with Gasteiger partial charge in [0.15, 0.2) is 5.82 Å². The Morgan fingerprint density at radius 3 is 2.26 bits per heavy atom. The van der Waals surface area contributed by atoms with Crippen molar-refractivity contribution >= 4 is 23.3 Å². The zero-order valence-electron chi connectivity index (χ0n) is 18.2. The maximum absolute atomic E-state index is 14.2. The zero-order chi connectivity index (χ0) is 24.4. The van der Waals surface area contributed by atoms with Gasteiger partial charge >= 0.3 is 0 Å². The lowest BCUT2D eigenvalue weighted by Crippen LogP contribution is -2.22. The molecule has 0 aliphatic heterocycles. The van der Waals surface area contributed by atoms with Crippen LogP contribution in [0.5, 0.6) is 0 Å². The van der Waals surface area contributed by atoms with E-state index in [1.807, 2.05) is 0 Å². The third-order valence-corrected chi connectivity index (χ3v) is 5.05. The van der Waals surface area contributed by atoms with Gasteiger partial charge in [0, 0.05) is 42.8 Å². The van der Waals surface area contributed by atoms with Gasteiger partial charge in [0.2, 0.25) is 0 Å². The summed E-state index contributed by atoms with van der Waals surface area (Å²) >= 11 is 0. The standard InChI is InChI=1S/C24H19F2N5O3/c1-14-6-7-15(23(33)28-20-10-11-30(2)29-20)12-19(14)27-24(34)16-8-9-21(32)31(13-16)22-17(25)4-3-5-18(22)26/h3-13H,1-2H3,(H,27,34)(H,28,29,33). The second-order valence-corrected chi connectivity index (χ2v) is 7.51. The monoisotopic (exact) mass is 463 g/mol. The van der Waals surface area contributed by atoms with Crippen LogP contribution in [-0.4, -0.2) is 26.2 Å². The molecule has 172 valence electrons. The molecule has 0 saturated heterocycles. The van der Waals surface area contributed by atoms with Crippen LogP contribution in [-0.2, 0) is 7.05 Å². The number of amides is 2. The van der Waals surface area contributed by atoms with Crippen LogP contribution in [0.3, 0.4) is 0 Å². The van der Waals surface area contributed by atoms with Crippen molar-refractivity contribution in [3.8, 4) is 5.69 Å². The Labute approximate surface area is 192 Å². The van der Waals surface area contributed by atoms with Gasteiger partial charge in [-0.05, 0) is 42.8 Å². The Morgan fingerprint density at radius 2 is 1.59 bits per heavy atom. The number of anilines is 2. The van der Waals surface area contributed by atoms with E-state index in [0.717, 1.165) is 29.0 Å². The summed E-state index contributed by atoms with van der Waals surface area (Å²) in [6.45, 7) is 1.74. The van der Waals surface area contributed by atoms with Crippen LogP contribution in [0.15, 0.2) is 71.8 Å². The van der Waals surface area contributed by atoms with E-state index in [9.17, 15) is 23.2 Å². The van der Waals surface area contributed by atoms with Gasteiger partial charge in [-0.3, -0.25) is 23.6 Å². The summed E-state index contributed by atoms with van der Waals surface area (Å²) in [5.41, 5.74) is 0.0242. The van der Waals surface area contributed by atoms with Crippen LogP contribution >= 0.6 is 0 Å². The molecule has 0 unspecified atom stereocenters. The summed E-state index contributed by atoms with van der Waals surface area (Å²) in [6.07, 6.45) is 2.75. The average Bonchev–Trinajstić information content (AvgIpc) is 3.20. The van der Waals surface area contributed by atoms with Gasteiger partial charge in [0.05, 0.1) is 5.56 Å². The molecule has 10 heteroatoms. The highest BCUT2D eigenvalue weighted by Crippen LogP contribution is 2.20. The molecule has 2 amide bonds. The lowest BCUT2D eigenvalue weighted by molar-refractivity contribution is 0.101. The van der Waals surface area contributed by atoms with E-state index in [1.54, 1.807) is 43.0 Å². The molecule has 0 aliphatic carbocycles. The minimum Gasteiger partial charge on any atom is -0.322 e. The normalized spacial score (nSPS) is 10.7. The minimum atomic E-state index is -0.942. The number of hydrogen-bond acceptors (Lipinski definition) is 4. The second kappa shape index (κ2) is 9.10. The van der Waals surface area contributed by atoms with Crippen molar-refractivity contribution in [1.82, 2.24) is 14.3 Å². The number of carbonyl (C=O) groups is 2. The molecule has 0 aliphatic rings. The van der Waals surface area contributed by atoms with Gasteiger partial charge in [-0.15, -0.1) is 0 Å². The fourth-order valence-corrected chi connectivity index (χ4v) is 3.28. The van der Waals surface area contributed by atoms with Gasteiger partial charge in [0.1, 0.15) is 17.3 Å². The van der Waals surface area contributed by atoms with Crippen molar-refractivity contribution in [2.24, 2.45) is 7.05 Å². The number of aryl methyl sites for hydroxylation is 2. The lowest BCUT2D eigenvalue weighted by atomic mass is 10.1. The summed E-state index contributed by atoms with van der Waals surface area (Å²) in [4.78, 5) is 37.7. The van der Waals surface area contributed by atoms with Crippen LogP contribution in [0, 0.1) is 18.6 Å². The predicted molar refractivity (Wildman–Crippen MR) is 122 cm³/mol. The summed E-state index contributed by atoms with van der Waals surface area (Å²) < 4.78 is 30.6. The lowest BCUT2D eigenvalue weighted by Gasteiger charge is -2.12. The van der Waals surface area contributed by atoms with Crippen molar-refractivity contribution in [1.29, 1.82) is 0 Å². The Bertz CT molecular complexity index is 1460. The quantitative estimate of drug-likeness (QED) is 0.472. The van der Waals surface area contributed by atoms with Gasteiger partial charge in [-0.2, -0.15) is 5.10 Å². The maximum atomic E-state index is 14.2. The highest BCUT2D eigenvalue weighted by Gasteiger charge is 2.16.